The van der Waals surface area contributed by atoms with Crippen LogP contribution in [0.2, 0.25) is 0 Å². The van der Waals surface area contributed by atoms with Crippen molar-refractivity contribution in [2.45, 2.75) is 19.9 Å². The molecule has 0 saturated heterocycles. The first-order chi connectivity index (χ1) is 8.15. The molecule has 2 aromatic heterocycles. The summed E-state index contributed by atoms with van der Waals surface area (Å²) in [5.74, 6) is 1.29. The highest BCUT2D eigenvalue weighted by molar-refractivity contribution is 7.71. The van der Waals surface area contributed by atoms with Gasteiger partial charge < -0.3 is 4.74 Å². The molecule has 1 N–H and O–H groups in total. The molecule has 2 aromatic rings. The number of pyridine rings is 1. The van der Waals surface area contributed by atoms with Crippen LogP contribution in [0.3, 0.4) is 0 Å². The molecule has 6 heteroatoms. The van der Waals surface area contributed by atoms with Crippen LogP contribution in [0.25, 0.3) is 11.4 Å². The molecule has 0 aliphatic carbocycles. The third kappa shape index (κ3) is 2.08. The van der Waals surface area contributed by atoms with E-state index in [9.17, 15) is 0 Å². The van der Waals surface area contributed by atoms with Crippen molar-refractivity contribution in [1.82, 2.24) is 19.7 Å². The number of aromatic amines is 1. The molecule has 0 atom stereocenters. The quantitative estimate of drug-likeness (QED) is 0.851. The molecule has 17 heavy (non-hydrogen) atoms. The van der Waals surface area contributed by atoms with Crippen LogP contribution in [0.15, 0.2) is 18.3 Å². The number of methoxy groups -OCH3 is 1. The molecule has 90 valence electrons. The summed E-state index contributed by atoms with van der Waals surface area (Å²) in [6.45, 7) is 4.11. The van der Waals surface area contributed by atoms with Crippen LogP contribution in [-0.4, -0.2) is 26.9 Å². The highest BCUT2D eigenvalue weighted by Crippen LogP contribution is 2.27. The van der Waals surface area contributed by atoms with Gasteiger partial charge in [-0.05, 0) is 38.2 Å². The maximum absolute atomic E-state index is 5.23. The fraction of sp³-hybridized carbons (Fsp3) is 0.364. The van der Waals surface area contributed by atoms with Crippen molar-refractivity contribution in [3.05, 3.63) is 23.1 Å². The van der Waals surface area contributed by atoms with E-state index >= 15 is 0 Å². The van der Waals surface area contributed by atoms with Gasteiger partial charge >= 0.3 is 0 Å². The number of aromatic nitrogens is 4. The number of nitrogens with zero attached hydrogens (tertiary/aromatic N) is 3. The van der Waals surface area contributed by atoms with Crippen molar-refractivity contribution in [2.24, 2.45) is 0 Å². The van der Waals surface area contributed by atoms with E-state index in [4.69, 9.17) is 17.0 Å². The molecule has 0 bridgehead atoms. The summed E-state index contributed by atoms with van der Waals surface area (Å²) in [6, 6.07) is 3.98. The molecule has 0 fully saturated rings. The van der Waals surface area contributed by atoms with E-state index in [0.717, 1.165) is 11.4 Å². The molecule has 0 spiro atoms. The molecule has 5 nitrogen and oxygen atoms in total. The van der Waals surface area contributed by atoms with E-state index in [1.165, 1.54) is 0 Å². The van der Waals surface area contributed by atoms with E-state index in [1.807, 2.05) is 16.7 Å². The molecule has 2 rings (SSSR count). The third-order valence-electron chi connectivity index (χ3n) is 2.43. The second-order valence-corrected chi connectivity index (χ2v) is 4.26. The monoisotopic (exact) mass is 250 g/mol. The number of H-pyrrole nitrogens is 1. The molecule has 0 unspecified atom stereocenters. The SMILES string of the molecule is COc1ncccc1-c1n[nH]c(=S)n1C(C)C. The van der Waals surface area contributed by atoms with Crippen LogP contribution in [0, 0.1) is 4.77 Å². The minimum Gasteiger partial charge on any atom is -0.480 e. The molecule has 0 aliphatic rings. The Morgan fingerprint density at radius 3 is 2.88 bits per heavy atom. The van der Waals surface area contributed by atoms with E-state index in [2.05, 4.69) is 29.0 Å². The third-order valence-corrected chi connectivity index (χ3v) is 2.71. The molecule has 0 amide bonds. The van der Waals surface area contributed by atoms with Crippen LogP contribution in [-0.2, 0) is 0 Å². The number of hydrogen-bond donors (Lipinski definition) is 1. The van der Waals surface area contributed by atoms with Gasteiger partial charge in [0.05, 0.1) is 12.7 Å². The smallest absolute Gasteiger partial charge is 0.224 e. The van der Waals surface area contributed by atoms with Gasteiger partial charge in [-0.25, -0.2) is 4.98 Å². The van der Waals surface area contributed by atoms with Crippen molar-refractivity contribution in [1.29, 1.82) is 0 Å². The number of rotatable bonds is 3. The molecule has 0 aromatic carbocycles. The van der Waals surface area contributed by atoms with Gasteiger partial charge in [0.2, 0.25) is 5.88 Å². The molecule has 2 heterocycles. The summed E-state index contributed by atoms with van der Waals surface area (Å²) in [4.78, 5) is 4.16. The Labute approximate surface area is 104 Å². The molecule has 0 saturated carbocycles. The normalized spacial score (nSPS) is 10.8. The molecular formula is C11H14N4OS. The lowest BCUT2D eigenvalue weighted by Crippen LogP contribution is -2.04. The first kappa shape index (κ1) is 11.8. The second-order valence-electron chi connectivity index (χ2n) is 3.88. The van der Waals surface area contributed by atoms with Crippen LogP contribution < -0.4 is 4.74 Å². The average molecular weight is 250 g/mol. The Kier molecular flexibility index (Phi) is 3.23. The van der Waals surface area contributed by atoms with Gasteiger partial charge in [-0.2, -0.15) is 5.10 Å². The average Bonchev–Trinajstić information content (AvgIpc) is 2.71. The van der Waals surface area contributed by atoms with Crippen molar-refractivity contribution in [3.63, 3.8) is 0 Å². The summed E-state index contributed by atoms with van der Waals surface area (Å²) in [5, 5.41) is 7.04. The van der Waals surface area contributed by atoms with Gasteiger partial charge in [0.1, 0.15) is 0 Å². The topological polar surface area (TPSA) is 55.7 Å². The van der Waals surface area contributed by atoms with Gasteiger partial charge in [-0.3, -0.25) is 9.67 Å². The summed E-state index contributed by atoms with van der Waals surface area (Å²) in [7, 11) is 1.59. The first-order valence-corrected chi connectivity index (χ1v) is 5.72. The zero-order valence-corrected chi connectivity index (χ0v) is 10.8. The Hall–Kier alpha value is -1.69. The maximum Gasteiger partial charge on any atom is 0.224 e. The molecular weight excluding hydrogens is 236 g/mol. The predicted molar refractivity (Wildman–Crippen MR) is 67.6 cm³/mol. The van der Waals surface area contributed by atoms with Crippen molar-refractivity contribution in [3.8, 4) is 17.3 Å². The standard InChI is InChI=1S/C11H14N4OS/c1-7(2)15-9(13-14-11(15)17)8-5-4-6-12-10(8)16-3/h4-7H,1-3H3,(H,14,17). The van der Waals surface area contributed by atoms with Crippen molar-refractivity contribution < 1.29 is 4.74 Å². The Balaban J connectivity index is 2.65. The largest absolute Gasteiger partial charge is 0.480 e. The Morgan fingerprint density at radius 1 is 1.47 bits per heavy atom. The molecule has 0 radical (unpaired) electrons. The van der Waals surface area contributed by atoms with E-state index < -0.39 is 0 Å². The highest BCUT2D eigenvalue weighted by Gasteiger charge is 2.15. The minimum atomic E-state index is 0.223. The van der Waals surface area contributed by atoms with Crippen LogP contribution >= 0.6 is 12.2 Å². The van der Waals surface area contributed by atoms with Gasteiger partial charge in [0.15, 0.2) is 10.6 Å². The first-order valence-electron chi connectivity index (χ1n) is 5.31. The van der Waals surface area contributed by atoms with E-state index in [1.54, 1.807) is 13.3 Å². The fourth-order valence-electron chi connectivity index (χ4n) is 1.70. The predicted octanol–water partition coefficient (Wildman–Crippen LogP) is 2.59. The maximum atomic E-state index is 5.23. The van der Waals surface area contributed by atoms with Crippen LogP contribution in [0.5, 0.6) is 5.88 Å². The minimum absolute atomic E-state index is 0.223. The number of hydrogen-bond acceptors (Lipinski definition) is 4. The Bertz CT molecular complexity index is 573. The van der Waals surface area contributed by atoms with Gasteiger partial charge in [0, 0.05) is 12.2 Å². The van der Waals surface area contributed by atoms with Crippen molar-refractivity contribution in [2.75, 3.05) is 7.11 Å². The van der Waals surface area contributed by atoms with E-state index in [0.29, 0.717) is 10.7 Å². The lowest BCUT2D eigenvalue weighted by atomic mass is 10.2. The lowest BCUT2D eigenvalue weighted by molar-refractivity contribution is 0.399. The van der Waals surface area contributed by atoms with Gasteiger partial charge in [-0.15, -0.1) is 0 Å². The van der Waals surface area contributed by atoms with Crippen LogP contribution in [0.1, 0.15) is 19.9 Å². The zero-order valence-electron chi connectivity index (χ0n) is 9.97. The highest BCUT2D eigenvalue weighted by atomic mass is 32.1. The summed E-state index contributed by atoms with van der Waals surface area (Å²) < 4.78 is 7.77. The fourth-order valence-corrected chi connectivity index (χ4v) is 2.04. The van der Waals surface area contributed by atoms with Crippen molar-refractivity contribution >= 4 is 12.2 Å². The van der Waals surface area contributed by atoms with E-state index in [-0.39, 0.29) is 6.04 Å². The lowest BCUT2D eigenvalue weighted by Gasteiger charge is -2.11. The number of nitrogens with one attached hydrogen (secondary N) is 1. The number of ether oxygens (including phenoxy) is 1. The summed E-state index contributed by atoms with van der Waals surface area (Å²) in [5.41, 5.74) is 0.830. The molecule has 0 aliphatic heterocycles. The Morgan fingerprint density at radius 2 is 2.24 bits per heavy atom. The zero-order chi connectivity index (χ0) is 12.4. The summed E-state index contributed by atoms with van der Waals surface area (Å²) >= 11 is 5.21. The van der Waals surface area contributed by atoms with Gasteiger partial charge in [-0.1, -0.05) is 0 Å². The van der Waals surface area contributed by atoms with Gasteiger partial charge in [0.25, 0.3) is 0 Å². The van der Waals surface area contributed by atoms with Crippen LogP contribution in [0.4, 0.5) is 0 Å². The second kappa shape index (κ2) is 4.67. The summed E-state index contributed by atoms with van der Waals surface area (Å²) in [6.07, 6.45) is 1.68.